The summed E-state index contributed by atoms with van der Waals surface area (Å²) in [7, 11) is 2.87. The number of hydrogen-bond acceptors (Lipinski definition) is 5. The van der Waals surface area contributed by atoms with Crippen LogP contribution in [0.1, 0.15) is 51.5 Å². The molecule has 0 heterocycles. The molecule has 0 aromatic heterocycles. The smallest absolute Gasteiger partial charge is 0.331 e. The topological polar surface area (TPSA) is 73.9 Å². The van der Waals surface area contributed by atoms with Gasteiger partial charge in [0.25, 0.3) is 0 Å². The highest BCUT2D eigenvalue weighted by atomic mass is 35.5. The van der Waals surface area contributed by atoms with Crippen molar-refractivity contribution in [1.29, 1.82) is 0 Å². The van der Waals surface area contributed by atoms with E-state index in [-0.39, 0.29) is 12.0 Å². The van der Waals surface area contributed by atoms with Crippen LogP contribution in [0.3, 0.4) is 0 Å². The Balaban J connectivity index is 2.17. The molecular weight excluding hydrogens is 382 g/mol. The molecule has 1 amide bonds. The Hall–Kier alpha value is -2.21. The van der Waals surface area contributed by atoms with E-state index < -0.39 is 11.5 Å². The highest BCUT2D eigenvalue weighted by molar-refractivity contribution is 6.32. The van der Waals surface area contributed by atoms with Crippen LogP contribution in [0.4, 0.5) is 0 Å². The molecule has 2 rings (SSSR count). The van der Waals surface area contributed by atoms with Gasteiger partial charge in [-0.3, -0.25) is 4.79 Å². The molecule has 7 heteroatoms. The van der Waals surface area contributed by atoms with Crippen LogP contribution in [0.2, 0.25) is 5.02 Å². The predicted molar refractivity (Wildman–Crippen MR) is 109 cm³/mol. The molecule has 1 aliphatic carbocycles. The number of esters is 1. The van der Waals surface area contributed by atoms with Gasteiger partial charge in [-0.1, -0.05) is 30.9 Å². The molecule has 6 nitrogen and oxygen atoms in total. The van der Waals surface area contributed by atoms with E-state index in [4.69, 9.17) is 25.8 Å². The first-order valence-corrected chi connectivity index (χ1v) is 9.82. The maximum absolute atomic E-state index is 12.5. The summed E-state index contributed by atoms with van der Waals surface area (Å²) in [6.45, 7) is 3.80. The summed E-state index contributed by atoms with van der Waals surface area (Å²) in [5.74, 6) is 0.200. The zero-order chi connectivity index (χ0) is 20.7. The third kappa shape index (κ3) is 5.41. The van der Waals surface area contributed by atoms with Crippen LogP contribution in [-0.2, 0) is 14.3 Å². The van der Waals surface area contributed by atoms with Gasteiger partial charge >= 0.3 is 5.97 Å². The van der Waals surface area contributed by atoms with E-state index in [2.05, 4.69) is 5.32 Å². The monoisotopic (exact) mass is 409 g/mol. The first-order chi connectivity index (χ1) is 13.3. The molecular formula is C21H28ClNO5. The number of rotatable bonds is 7. The lowest BCUT2D eigenvalue weighted by Crippen LogP contribution is -2.55. The van der Waals surface area contributed by atoms with E-state index >= 15 is 0 Å². The molecule has 0 saturated heterocycles. The third-order valence-corrected chi connectivity index (χ3v) is 4.96. The molecule has 1 aromatic carbocycles. The summed E-state index contributed by atoms with van der Waals surface area (Å²) < 4.78 is 16.0. The minimum atomic E-state index is -0.946. The molecule has 0 bridgehead atoms. The summed E-state index contributed by atoms with van der Waals surface area (Å²) >= 11 is 6.31. The summed E-state index contributed by atoms with van der Waals surface area (Å²) in [5.41, 5.74) is -0.262. The second-order valence-corrected chi connectivity index (χ2v) is 7.56. The third-order valence-electron chi connectivity index (χ3n) is 4.68. The summed E-state index contributed by atoms with van der Waals surface area (Å²) in [4.78, 5) is 24.7. The Morgan fingerprint density at radius 1 is 1.18 bits per heavy atom. The zero-order valence-corrected chi connectivity index (χ0v) is 17.6. The van der Waals surface area contributed by atoms with E-state index in [0.717, 1.165) is 19.3 Å². The van der Waals surface area contributed by atoms with E-state index in [1.54, 1.807) is 18.2 Å². The number of carbonyl (C=O) groups is 2. The van der Waals surface area contributed by atoms with Crippen LogP contribution >= 0.6 is 11.6 Å². The van der Waals surface area contributed by atoms with Gasteiger partial charge in [-0.25, -0.2) is 4.79 Å². The fourth-order valence-corrected chi connectivity index (χ4v) is 3.63. The van der Waals surface area contributed by atoms with Gasteiger partial charge in [-0.05, 0) is 50.5 Å². The van der Waals surface area contributed by atoms with Crippen molar-refractivity contribution < 1.29 is 23.8 Å². The molecule has 1 aliphatic rings. The van der Waals surface area contributed by atoms with E-state index in [1.807, 2.05) is 13.8 Å². The number of amides is 1. The lowest BCUT2D eigenvalue weighted by Gasteiger charge is -2.34. The first kappa shape index (κ1) is 22.1. The summed E-state index contributed by atoms with van der Waals surface area (Å²) in [6, 6.07) is 3.44. The normalized spacial score (nSPS) is 16.1. The van der Waals surface area contributed by atoms with Crippen molar-refractivity contribution in [2.45, 2.75) is 57.6 Å². The minimum Gasteiger partial charge on any atom is -0.493 e. The summed E-state index contributed by atoms with van der Waals surface area (Å²) in [5, 5.41) is 3.24. The molecule has 1 fully saturated rings. The molecule has 0 radical (unpaired) electrons. The van der Waals surface area contributed by atoms with Crippen LogP contribution in [0, 0.1) is 0 Å². The van der Waals surface area contributed by atoms with Crippen LogP contribution < -0.4 is 14.8 Å². The molecule has 1 N–H and O–H groups in total. The molecule has 0 aliphatic heterocycles. The van der Waals surface area contributed by atoms with Crippen LogP contribution in [0.25, 0.3) is 6.08 Å². The van der Waals surface area contributed by atoms with Gasteiger partial charge in [0.05, 0.1) is 25.3 Å². The number of benzene rings is 1. The second kappa shape index (κ2) is 9.82. The Morgan fingerprint density at radius 2 is 1.86 bits per heavy atom. The van der Waals surface area contributed by atoms with Gasteiger partial charge in [0, 0.05) is 6.08 Å². The van der Waals surface area contributed by atoms with Crippen LogP contribution in [-0.4, -0.2) is 37.7 Å². The number of carbonyl (C=O) groups excluding carboxylic acids is 2. The highest BCUT2D eigenvalue weighted by Gasteiger charge is 2.41. The van der Waals surface area contributed by atoms with Gasteiger partial charge in [0.2, 0.25) is 5.91 Å². The average molecular weight is 410 g/mol. The number of ether oxygens (including phenoxy) is 3. The summed E-state index contributed by atoms with van der Waals surface area (Å²) in [6.07, 6.45) is 6.92. The fourth-order valence-electron chi connectivity index (χ4n) is 3.37. The first-order valence-electron chi connectivity index (χ1n) is 9.44. The van der Waals surface area contributed by atoms with Crippen LogP contribution in [0.5, 0.6) is 11.5 Å². The number of halogens is 1. The Morgan fingerprint density at radius 3 is 2.43 bits per heavy atom. The van der Waals surface area contributed by atoms with Crippen molar-refractivity contribution in [2.75, 3.05) is 14.2 Å². The quantitative estimate of drug-likeness (QED) is 0.541. The van der Waals surface area contributed by atoms with Crippen molar-refractivity contribution in [3.8, 4) is 11.5 Å². The van der Waals surface area contributed by atoms with Gasteiger partial charge in [-0.15, -0.1) is 0 Å². The lowest BCUT2D eigenvalue weighted by atomic mass is 9.81. The molecule has 0 unspecified atom stereocenters. The van der Waals surface area contributed by atoms with E-state index in [0.29, 0.717) is 34.9 Å². The number of hydrogen-bond donors (Lipinski definition) is 1. The van der Waals surface area contributed by atoms with Crippen molar-refractivity contribution >= 4 is 29.6 Å². The van der Waals surface area contributed by atoms with Crippen molar-refractivity contribution in [3.05, 3.63) is 28.8 Å². The molecule has 1 saturated carbocycles. The predicted octanol–water partition coefficient (Wildman–Crippen LogP) is 4.14. The van der Waals surface area contributed by atoms with Gasteiger partial charge in [-0.2, -0.15) is 0 Å². The molecule has 0 atom stereocenters. The molecule has 154 valence electrons. The fraction of sp³-hybridized carbons (Fsp3) is 0.524. The number of nitrogens with one attached hydrogen (secondary N) is 1. The standard InChI is InChI=1S/C21H28ClNO5/c1-14(2)28-19-16(22)12-15(13-17(19)26-3)8-9-18(24)23-21(20(25)27-4)10-6-5-7-11-21/h8-9,12-14H,5-7,10-11H2,1-4H3,(H,23,24)/b9-8+. The Bertz CT molecular complexity index is 739. The molecule has 28 heavy (non-hydrogen) atoms. The van der Waals surface area contributed by atoms with E-state index in [9.17, 15) is 9.59 Å². The van der Waals surface area contributed by atoms with Crippen molar-refractivity contribution in [2.24, 2.45) is 0 Å². The molecule has 0 spiro atoms. The Labute approximate surface area is 171 Å². The second-order valence-electron chi connectivity index (χ2n) is 7.16. The lowest BCUT2D eigenvalue weighted by molar-refractivity contribution is -0.152. The minimum absolute atomic E-state index is 0.0522. The maximum Gasteiger partial charge on any atom is 0.331 e. The van der Waals surface area contributed by atoms with Gasteiger partial charge in [0.1, 0.15) is 5.54 Å². The van der Waals surface area contributed by atoms with Gasteiger partial charge in [0.15, 0.2) is 11.5 Å². The SMILES string of the molecule is COC(=O)C1(NC(=O)/C=C/c2cc(Cl)c(OC(C)C)c(OC)c2)CCCCC1. The number of methoxy groups -OCH3 is 2. The maximum atomic E-state index is 12.5. The van der Waals surface area contributed by atoms with Crippen LogP contribution in [0.15, 0.2) is 18.2 Å². The van der Waals surface area contributed by atoms with Crippen molar-refractivity contribution in [1.82, 2.24) is 5.32 Å². The average Bonchev–Trinajstić information content (AvgIpc) is 2.67. The highest BCUT2D eigenvalue weighted by Crippen LogP contribution is 2.37. The van der Waals surface area contributed by atoms with E-state index in [1.165, 1.54) is 20.3 Å². The molecule has 1 aromatic rings. The van der Waals surface area contributed by atoms with Gasteiger partial charge < -0.3 is 19.5 Å². The zero-order valence-electron chi connectivity index (χ0n) is 16.8. The largest absolute Gasteiger partial charge is 0.493 e. The Kier molecular flexibility index (Phi) is 7.75. The van der Waals surface area contributed by atoms with Crippen molar-refractivity contribution in [3.63, 3.8) is 0 Å².